The van der Waals surface area contributed by atoms with Crippen molar-refractivity contribution in [2.45, 2.75) is 32.6 Å². The van der Waals surface area contributed by atoms with Gasteiger partial charge in [0.15, 0.2) is 0 Å². The second kappa shape index (κ2) is 9.09. The summed E-state index contributed by atoms with van der Waals surface area (Å²) < 4.78 is 2.09. The molecule has 0 radical (unpaired) electrons. The minimum atomic E-state index is 0.496. The van der Waals surface area contributed by atoms with Crippen LogP contribution in [0.5, 0.6) is 0 Å². The van der Waals surface area contributed by atoms with E-state index in [9.17, 15) is 0 Å². The van der Waals surface area contributed by atoms with Gasteiger partial charge in [-0.1, -0.05) is 62.1 Å². The van der Waals surface area contributed by atoms with Crippen molar-refractivity contribution < 1.29 is 24.2 Å². The van der Waals surface area contributed by atoms with E-state index in [0.29, 0.717) is 11.8 Å². The van der Waals surface area contributed by atoms with Gasteiger partial charge in [0, 0.05) is 0 Å². The summed E-state index contributed by atoms with van der Waals surface area (Å²) in [5.41, 5.74) is 5.47. The summed E-state index contributed by atoms with van der Waals surface area (Å²) in [4.78, 5) is 0. The first-order valence-corrected chi connectivity index (χ1v) is 9.40. The fourth-order valence-electron chi connectivity index (χ4n) is 2.68. The van der Waals surface area contributed by atoms with Crippen molar-refractivity contribution in [1.82, 2.24) is 0 Å². The molecular weight excluding hydrogens is 355 g/mol. The molecule has 23 heavy (non-hydrogen) atoms. The van der Waals surface area contributed by atoms with E-state index in [0.717, 1.165) is 0 Å². The average molecular weight is 378 g/mol. The summed E-state index contributed by atoms with van der Waals surface area (Å²) in [7, 11) is 0. The Morgan fingerprint density at radius 1 is 0.783 bits per heavy atom. The summed E-state index contributed by atoms with van der Waals surface area (Å²) >= 11 is 1.51. The normalized spacial score (nSPS) is 19.0. The van der Waals surface area contributed by atoms with Crippen molar-refractivity contribution in [1.29, 1.82) is 0 Å². The molecule has 0 spiro atoms. The van der Waals surface area contributed by atoms with Gasteiger partial charge in [0.2, 0.25) is 0 Å². The third-order valence-corrected chi connectivity index (χ3v) is 3.90. The molecule has 4 rings (SSSR count). The molecule has 0 heterocycles. The number of hydrogen-bond donors (Lipinski definition) is 0. The van der Waals surface area contributed by atoms with Crippen LogP contribution in [-0.2, 0) is 24.2 Å². The Morgan fingerprint density at radius 2 is 1.13 bits per heavy atom. The number of fused-ring (bicyclic) bond motifs is 2. The zero-order valence-electron chi connectivity index (χ0n) is 14.0. The van der Waals surface area contributed by atoms with Crippen LogP contribution in [0.3, 0.4) is 0 Å². The summed E-state index contributed by atoms with van der Waals surface area (Å²) in [5, 5.41) is 0. The number of benzene rings is 2. The first-order valence-electron chi connectivity index (χ1n) is 7.98. The predicted octanol–water partition coefficient (Wildman–Crippen LogP) is 5.60. The molecule has 2 aromatic rings. The molecule has 0 saturated heterocycles. The van der Waals surface area contributed by atoms with Crippen LogP contribution in [0, 0.1) is 12.2 Å². The van der Waals surface area contributed by atoms with Crippen molar-refractivity contribution in [3.63, 3.8) is 0 Å². The Hall–Kier alpha value is -1.33. The molecule has 0 aliphatic heterocycles. The first-order chi connectivity index (χ1) is 11.2. The Balaban J connectivity index is 0.000000143. The number of hydrogen-bond acceptors (Lipinski definition) is 0. The van der Waals surface area contributed by atoms with Crippen LogP contribution >= 0.6 is 0 Å². The molecule has 0 amide bonds. The second-order valence-electron chi connectivity index (χ2n) is 5.61. The molecule has 2 atom stereocenters. The molecule has 2 aromatic carbocycles. The van der Waals surface area contributed by atoms with Crippen LogP contribution in [0.4, 0.5) is 0 Å². The predicted molar refractivity (Wildman–Crippen MR) is 96.9 cm³/mol. The standard InChI is InChI=1S/2C10H9.C2H4.Zr/c2*1-8-6-7-9-4-2-3-5-10(8)9;1-2;/h2*2-5,7-8H,1H3;1H,2H3;/q2*-1;;+2. The van der Waals surface area contributed by atoms with E-state index in [2.05, 4.69) is 90.4 Å². The van der Waals surface area contributed by atoms with E-state index in [4.69, 9.17) is 0 Å². The van der Waals surface area contributed by atoms with Gasteiger partial charge < -0.3 is 0 Å². The first kappa shape index (κ1) is 18.0. The van der Waals surface area contributed by atoms with Crippen LogP contribution in [0.15, 0.2) is 48.5 Å². The van der Waals surface area contributed by atoms with Gasteiger partial charge in [-0.2, -0.15) is 11.1 Å². The van der Waals surface area contributed by atoms with Crippen molar-refractivity contribution in [2.75, 3.05) is 0 Å². The van der Waals surface area contributed by atoms with Crippen molar-refractivity contribution >= 4 is 15.9 Å². The number of allylic oxidation sites excluding steroid dienone is 2. The number of rotatable bonds is 0. The van der Waals surface area contributed by atoms with Gasteiger partial charge in [-0.3, -0.25) is 12.2 Å². The van der Waals surface area contributed by atoms with Gasteiger partial charge in [-0.15, -0.1) is 23.3 Å². The fourth-order valence-corrected chi connectivity index (χ4v) is 2.68. The fraction of sp³-hybridized carbons (Fsp3) is 0.227. The second-order valence-corrected chi connectivity index (χ2v) is 7.03. The molecule has 2 unspecified atom stereocenters. The van der Waals surface area contributed by atoms with Gasteiger partial charge in [-0.05, 0) is 0 Å². The quantitative estimate of drug-likeness (QED) is 0.525. The van der Waals surface area contributed by atoms with Crippen molar-refractivity contribution in [2.24, 2.45) is 0 Å². The van der Waals surface area contributed by atoms with Gasteiger partial charge in [0.25, 0.3) is 0 Å². The van der Waals surface area contributed by atoms with Crippen LogP contribution in [0.25, 0.3) is 12.2 Å². The molecule has 0 fully saturated rings. The van der Waals surface area contributed by atoms with E-state index >= 15 is 0 Å². The summed E-state index contributed by atoms with van der Waals surface area (Å²) in [6.45, 7) is 6.38. The maximum absolute atomic E-state index is 3.26. The summed E-state index contributed by atoms with van der Waals surface area (Å²) in [6.07, 6.45) is 10.7. The van der Waals surface area contributed by atoms with Crippen LogP contribution in [0.1, 0.15) is 54.9 Å². The molecule has 114 valence electrons. The van der Waals surface area contributed by atoms with Crippen LogP contribution in [-0.4, -0.2) is 3.71 Å². The van der Waals surface area contributed by atoms with Crippen LogP contribution < -0.4 is 0 Å². The van der Waals surface area contributed by atoms with Gasteiger partial charge >= 0.3 is 34.9 Å². The van der Waals surface area contributed by atoms with E-state index in [1.165, 1.54) is 46.5 Å². The Bertz CT molecular complexity index is 650. The SMILES string of the molecule is CC1[C-]=Cc2ccccc21.CC1[C-]=Cc2ccccc21.C[CH]=[Zr+2]. The van der Waals surface area contributed by atoms with E-state index in [1.54, 1.807) is 0 Å². The van der Waals surface area contributed by atoms with Gasteiger partial charge in [-0.25, -0.2) is 12.2 Å². The van der Waals surface area contributed by atoms with Gasteiger partial charge in [0.05, 0.1) is 0 Å². The van der Waals surface area contributed by atoms with E-state index in [1.807, 2.05) is 6.92 Å². The monoisotopic (exact) mass is 376 g/mol. The van der Waals surface area contributed by atoms with Gasteiger partial charge in [0.1, 0.15) is 0 Å². The van der Waals surface area contributed by atoms with Crippen LogP contribution in [0.2, 0.25) is 0 Å². The molecule has 2 aliphatic carbocycles. The molecule has 0 bridgehead atoms. The summed E-state index contributed by atoms with van der Waals surface area (Å²) in [6, 6.07) is 16.9. The average Bonchev–Trinajstić information content (AvgIpc) is 3.14. The van der Waals surface area contributed by atoms with Crippen molar-refractivity contribution in [3.8, 4) is 0 Å². The van der Waals surface area contributed by atoms with E-state index in [-0.39, 0.29) is 0 Å². The minimum absolute atomic E-state index is 0.496. The van der Waals surface area contributed by atoms with Crippen molar-refractivity contribution in [3.05, 3.63) is 82.9 Å². The zero-order valence-corrected chi connectivity index (χ0v) is 16.5. The Labute approximate surface area is 155 Å². The molecular formula is C22H22Zr. The molecule has 2 aliphatic rings. The molecule has 1 heteroatoms. The molecule has 0 saturated carbocycles. The summed E-state index contributed by atoms with van der Waals surface area (Å²) in [5.74, 6) is 0.993. The third-order valence-electron chi connectivity index (χ3n) is 3.90. The third kappa shape index (κ3) is 4.82. The van der Waals surface area contributed by atoms with E-state index < -0.39 is 0 Å². The zero-order chi connectivity index (χ0) is 16.7. The maximum atomic E-state index is 3.26. The molecule has 0 nitrogen and oxygen atoms in total. The Morgan fingerprint density at radius 3 is 1.48 bits per heavy atom. The molecule has 0 aromatic heterocycles. The molecule has 0 N–H and O–H groups in total. The topological polar surface area (TPSA) is 0 Å². The Kier molecular flexibility index (Phi) is 7.12.